The van der Waals surface area contributed by atoms with E-state index in [1.54, 1.807) is 11.6 Å². The van der Waals surface area contributed by atoms with Gasteiger partial charge in [-0.3, -0.25) is 10.1 Å². The van der Waals surface area contributed by atoms with Gasteiger partial charge in [0.2, 0.25) is 5.91 Å². The summed E-state index contributed by atoms with van der Waals surface area (Å²) in [5.74, 6) is -0.370. The van der Waals surface area contributed by atoms with Gasteiger partial charge in [-0.05, 0) is 45.1 Å². The van der Waals surface area contributed by atoms with Crippen LogP contribution in [-0.4, -0.2) is 33.0 Å². The maximum atomic E-state index is 12.1. The fraction of sp³-hybridized carbons (Fsp3) is 0.333. The molecule has 128 valence electrons. The number of thioether (sulfide) groups is 1. The summed E-state index contributed by atoms with van der Waals surface area (Å²) in [7, 11) is 0. The van der Waals surface area contributed by atoms with Crippen molar-refractivity contribution < 1.29 is 9.59 Å². The fourth-order valence-electron chi connectivity index (χ4n) is 1.76. The SMILES string of the molecule is CC(C)NC(=O)NC(=O)[C@@H](C)Sc1nn(-c2ccccc2)c(=S)s1. The fourth-order valence-corrected chi connectivity index (χ4v) is 4.26. The number of para-hydroxylation sites is 1. The lowest BCUT2D eigenvalue weighted by Crippen LogP contribution is -2.45. The first kappa shape index (κ1) is 18.6. The zero-order valence-electron chi connectivity index (χ0n) is 13.5. The van der Waals surface area contributed by atoms with Crippen LogP contribution in [0.4, 0.5) is 4.79 Å². The molecule has 0 radical (unpaired) electrons. The number of benzene rings is 1. The summed E-state index contributed by atoms with van der Waals surface area (Å²) in [5.41, 5.74) is 0.874. The number of carbonyl (C=O) groups is 2. The first-order valence-electron chi connectivity index (χ1n) is 7.30. The van der Waals surface area contributed by atoms with Crippen LogP contribution in [0.5, 0.6) is 0 Å². The molecule has 6 nitrogen and oxygen atoms in total. The molecule has 0 bridgehead atoms. The van der Waals surface area contributed by atoms with E-state index in [0.717, 1.165) is 5.69 Å². The van der Waals surface area contributed by atoms with Crippen LogP contribution in [0.15, 0.2) is 34.7 Å². The van der Waals surface area contributed by atoms with Gasteiger partial charge in [-0.2, -0.15) is 0 Å². The third kappa shape index (κ3) is 5.15. The monoisotopic (exact) mass is 382 g/mol. The highest BCUT2D eigenvalue weighted by atomic mass is 32.2. The minimum atomic E-state index is -0.495. The van der Waals surface area contributed by atoms with E-state index in [2.05, 4.69) is 15.7 Å². The Labute approximate surface area is 153 Å². The molecule has 0 saturated heterocycles. The number of amides is 3. The van der Waals surface area contributed by atoms with Crippen LogP contribution >= 0.6 is 35.3 Å². The minimum Gasteiger partial charge on any atom is -0.336 e. The Kier molecular flexibility index (Phi) is 6.52. The van der Waals surface area contributed by atoms with E-state index in [1.807, 2.05) is 44.2 Å². The van der Waals surface area contributed by atoms with Crippen LogP contribution in [0.1, 0.15) is 20.8 Å². The number of hydrogen-bond donors (Lipinski definition) is 2. The maximum absolute atomic E-state index is 12.1. The Bertz CT molecular complexity index is 771. The summed E-state index contributed by atoms with van der Waals surface area (Å²) in [6, 6.07) is 9.03. The molecule has 1 aromatic heterocycles. The lowest BCUT2D eigenvalue weighted by atomic mass is 10.3. The summed E-state index contributed by atoms with van der Waals surface area (Å²) in [5, 5.41) is 8.91. The van der Waals surface area contributed by atoms with E-state index in [9.17, 15) is 9.59 Å². The second-order valence-electron chi connectivity index (χ2n) is 5.26. The number of nitrogens with zero attached hydrogens (tertiary/aromatic N) is 2. The van der Waals surface area contributed by atoms with Crippen LogP contribution in [0.25, 0.3) is 5.69 Å². The Hall–Kier alpha value is -1.71. The van der Waals surface area contributed by atoms with Crippen molar-refractivity contribution in [1.29, 1.82) is 0 Å². The predicted octanol–water partition coefficient (Wildman–Crippen LogP) is 3.38. The summed E-state index contributed by atoms with van der Waals surface area (Å²) in [4.78, 5) is 23.6. The Balaban J connectivity index is 2.02. The van der Waals surface area contributed by atoms with Gasteiger partial charge < -0.3 is 5.32 Å². The second kappa shape index (κ2) is 8.41. The average molecular weight is 383 g/mol. The van der Waals surface area contributed by atoms with E-state index in [-0.39, 0.29) is 11.9 Å². The standard InChI is InChI=1S/C15H18N4O2S3/c1-9(2)16-13(21)17-12(20)10(3)23-14-18-19(15(22)24-14)11-7-5-4-6-8-11/h4-10H,1-3H3,(H2,16,17,20,21)/t10-/m1/s1. The molecule has 1 aromatic carbocycles. The molecule has 0 aliphatic heterocycles. The smallest absolute Gasteiger partial charge is 0.321 e. The molecule has 3 amide bonds. The van der Waals surface area contributed by atoms with Crippen molar-refractivity contribution >= 4 is 47.3 Å². The van der Waals surface area contributed by atoms with Crippen molar-refractivity contribution in [1.82, 2.24) is 20.4 Å². The Morgan fingerprint density at radius 3 is 2.54 bits per heavy atom. The van der Waals surface area contributed by atoms with Gasteiger partial charge in [0.25, 0.3) is 0 Å². The normalized spacial score (nSPS) is 12.0. The van der Waals surface area contributed by atoms with Crippen molar-refractivity contribution in [2.75, 3.05) is 0 Å². The minimum absolute atomic E-state index is 0.0349. The van der Waals surface area contributed by atoms with Gasteiger partial charge in [0.15, 0.2) is 8.29 Å². The lowest BCUT2D eigenvalue weighted by Gasteiger charge is -2.12. The first-order valence-corrected chi connectivity index (χ1v) is 9.41. The average Bonchev–Trinajstić information content (AvgIpc) is 2.87. The molecule has 0 aliphatic carbocycles. The van der Waals surface area contributed by atoms with Crippen molar-refractivity contribution in [2.24, 2.45) is 0 Å². The van der Waals surface area contributed by atoms with Gasteiger partial charge in [0, 0.05) is 6.04 Å². The quantitative estimate of drug-likeness (QED) is 0.612. The summed E-state index contributed by atoms with van der Waals surface area (Å²) >= 11 is 7.94. The molecule has 1 heterocycles. The molecular formula is C15H18N4O2S3. The summed E-state index contributed by atoms with van der Waals surface area (Å²) in [6.07, 6.45) is 0. The number of aromatic nitrogens is 2. The molecule has 0 spiro atoms. The molecule has 24 heavy (non-hydrogen) atoms. The second-order valence-corrected chi connectivity index (χ2v) is 8.47. The Morgan fingerprint density at radius 2 is 1.92 bits per heavy atom. The number of rotatable bonds is 5. The zero-order valence-corrected chi connectivity index (χ0v) is 15.9. The molecule has 0 aliphatic rings. The highest BCUT2D eigenvalue weighted by Crippen LogP contribution is 2.27. The molecule has 2 aromatic rings. The zero-order chi connectivity index (χ0) is 17.7. The van der Waals surface area contributed by atoms with E-state index < -0.39 is 11.3 Å². The van der Waals surface area contributed by atoms with E-state index in [1.165, 1.54) is 23.1 Å². The molecule has 2 N–H and O–H groups in total. The third-order valence-electron chi connectivity index (χ3n) is 2.83. The third-order valence-corrected chi connectivity index (χ3v) is 5.25. The number of nitrogens with one attached hydrogen (secondary N) is 2. The van der Waals surface area contributed by atoms with Gasteiger partial charge in [-0.1, -0.05) is 41.3 Å². The van der Waals surface area contributed by atoms with Crippen molar-refractivity contribution in [3.05, 3.63) is 34.3 Å². The molecule has 9 heteroatoms. The predicted molar refractivity (Wildman–Crippen MR) is 99.4 cm³/mol. The van der Waals surface area contributed by atoms with E-state index in [0.29, 0.717) is 8.29 Å². The van der Waals surface area contributed by atoms with Crippen LogP contribution in [0.3, 0.4) is 0 Å². The van der Waals surface area contributed by atoms with Gasteiger partial charge in [0.1, 0.15) is 0 Å². The van der Waals surface area contributed by atoms with Crippen LogP contribution in [-0.2, 0) is 4.79 Å². The summed E-state index contributed by atoms with van der Waals surface area (Å²) in [6.45, 7) is 5.37. The topological polar surface area (TPSA) is 76.0 Å². The van der Waals surface area contributed by atoms with E-state index >= 15 is 0 Å². The van der Waals surface area contributed by atoms with E-state index in [4.69, 9.17) is 12.2 Å². The van der Waals surface area contributed by atoms with Gasteiger partial charge in [-0.25, -0.2) is 9.48 Å². The van der Waals surface area contributed by atoms with Crippen LogP contribution in [0.2, 0.25) is 0 Å². The molecular weight excluding hydrogens is 364 g/mol. The van der Waals surface area contributed by atoms with Crippen molar-refractivity contribution in [3.8, 4) is 5.69 Å². The molecule has 1 atom stereocenters. The van der Waals surface area contributed by atoms with Crippen LogP contribution < -0.4 is 10.6 Å². The molecule has 0 unspecified atom stereocenters. The maximum Gasteiger partial charge on any atom is 0.321 e. The Morgan fingerprint density at radius 1 is 1.25 bits per heavy atom. The molecule has 2 rings (SSSR count). The largest absolute Gasteiger partial charge is 0.336 e. The highest BCUT2D eigenvalue weighted by molar-refractivity contribution is 8.02. The van der Waals surface area contributed by atoms with Crippen LogP contribution in [0, 0.1) is 3.95 Å². The number of carbonyl (C=O) groups excluding carboxylic acids is 2. The number of urea groups is 1. The number of hydrogen-bond acceptors (Lipinski definition) is 6. The van der Waals surface area contributed by atoms with Gasteiger partial charge in [-0.15, -0.1) is 5.10 Å². The lowest BCUT2D eigenvalue weighted by molar-refractivity contribution is -0.119. The van der Waals surface area contributed by atoms with Gasteiger partial charge >= 0.3 is 6.03 Å². The first-order chi connectivity index (χ1) is 11.4. The van der Waals surface area contributed by atoms with Gasteiger partial charge in [0.05, 0.1) is 10.9 Å². The number of imide groups is 1. The highest BCUT2D eigenvalue weighted by Gasteiger charge is 2.19. The summed E-state index contributed by atoms with van der Waals surface area (Å²) < 4.78 is 2.95. The van der Waals surface area contributed by atoms with Crippen molar-refractivity contribution in [2.45, 2.75) is 36.4 Å². The molecule has 0 saturated carbocycles. The van der Waals surface area contributed by atoms with Crippen molar-refractivity contribution in [3.63, 3.8) is 0 Å². The molecule has 0 fully saturated rings.